The van der Waals surface area contributed by atoms with Crippen molar-refractivity contribution < 1.29 is 22.7 Å². The highest BCUT2D eigenvalue weighted by Gasteiger charge is 2.65. The van der Waals surface area contributed by atoms with Crippen molar-refractivity contribution in [1.29, 1.82) is 0 Å². The number of ketones is 1. The lowest BCUT2D eigenvalue weighted by atomic mass is 9.70. The average molecular weight is 451 g/mol. The largest absolute Gasteiger partial charge is 0.497 e. The van der Waals surface area contributed by atoms with E-state index in [9.17, 15) is 13.2 Å². The number of piperazine rings is 1. The molecule has 2 saturated carbocycles. The quantitative estimate of drug-likeness (QED) is 0.636. The lowest BCUT2D eigenvalue weighted by molar-refractivity contribution is -0.128. The van der Waals surface area contributed by atoms with Gasteiger partial charge in [-0.05, 0) is 42.4 Å². The molecule has 2 aliphatic carbocycles. The van der Waals surface area contributed by atoms with E-state index in [2.05, 4.69) is 18.7 Å². The Labute approximate surface area is 185 Å². The molecule has 4 rings (SSSR count). The summed E-state index contributed by atoms with van der Waals surface area (Å²) in [7, 11) is -0.209. The SMILES string of the molecule is COc1ccc(OC)c(CN2CCN(S(=O)(=O)CC34CCC(CC3=O)C4(C)C)CC2)c1. The Kier molecular flexibility index (Phi) is 5.85. The van der Waals surface area contributed by atoms with Crippen molar-refractivity contribution in [3.05, 3.63) is 23.8 Å². The molecule has 3 aliphatic rings. The number of benzene rings is 1. The van der Waals surface area contributed by atoms with Crippen LogP contribution in [0.15, 0.2) is 18.2 Å². The smallest absolute Gasteiger partial charge is 0.215 e. The topological polar surface area (TPSA) is 76.2 Å². The molecule has 31 heavy (non-hydrogen) atoms. The van der Waals surface area contributed by atoms with E-state index in [0.29, 0.717) is 51.5 Å². The number of Topliss-reactive ketones (excluding diaryl/α,β-unsaturated/α-hetero) is 1. The van der Waals surface area contributed by atoms with E-state index in [1.54, 1.807) is 18.5 Å². The summed E-state index contributed by atoms with van der Waals surface area (Å²) in [4.78, 5) is 15.0. The molecule has 1 aromatic rings. The number of carbonyl (C=O) groups is 1. The summed E-state index contributed by atoms with van der Waals surface area (Å²) in [5, 5.41) is 0. The summed E-state index contributed by atoms with van der Waals surface area (Å²) in [6, 6.07) is 5.72. The van der Waals surface area contributed by atoms with Crippen molar-refractivity contribution in [3.63, 3.8) is 0 Å². The molecule has 1 aromatic carbocycles. The molecule has 2 unspecified atom stereocenters. The molecule has 7 nitrogen and oxygen atoms in total. The third-order valence-corrected chi connectivity index (χ3v) is 10.2. The fraction of sp³-hybridized carbons (Fsp3) is 0.696. The van der Waals surface area contributed by atoms with E-state index >= 15 is 0 Å². The zero-order valence-electron chi connectivity index (χ0n) is 19.0. The molecule has 2 bridgehead atoms. The average Bonchev–Trinajstić information content (AvgIpc) is 3.08. The van der Waals surface area contributed by atoms with Crippen molar-refractivity contribution in [2.45, 2.75) is 39.7 Å². The van der Waals surface area contributed by atoms with Crippen LogP contribution in [-0.4, -0.2) is 69.6 Å². The van der Waals surface area contributed by atoms with E-state index in [0.717, 1.165) is 23.5 Å². The van der Waals surface area contributed by atoms with Gasteiger partial charge in [0.25, 0.3) is 0 Å². The highest BCUT2D eigenvalue weighted by molar-refractivity contribution is 7.89. The van der Waals surface area contributed by atoms with Crippen molar-refractivity contribution in [3.8, 4) is 11.5 Å². The summed E-state index contributed by atoms with van der Waals surface area (Å²) in [5.41, 5.74) is 0.0797. The number of fused-ring (bicyclic) bond motifs is 2. The van der Waals surface area contributed by atoms with Gasteiger partial charge in [-0.3, -0.25) is 9.69 Å². The number of nitrogens with zero attached hydrogens (tertiary/aromatic N) is 2. The van der Waals surface area contributed by atoms with E-state index in [1.165, 1.54) is 0 Å². The van der Waals surface area contributed by atoms with Crippen LogP contribution in [0.3, 0.4) is 0 Å². The van der Waals surface area contributed by atoms with Crippen LogP contribution >= 0.6 is 0 Å². The number of sulfonamides is 1. The molecule has 0 N–H and O–H groups in total. The molecule has 0 aromatic heterocycles. The molecular formula is C23H34N2O5S. The lowest BCUT2D eigenvalue weighted by Crippen LogP contribution is -2.52. The van der Waals surface area contributed by atoms with Crippen molar-refractivity contribution in [2.24, 2.45) is 16.7 Å². The van der Waals surface area contributed by atoms with Gasteiger partial charge in [-0.2, -0.15) is 4.31 Å². The maximum absolute atomic E-state index is 13.3. The van der Waals surface area contributed by atoms with Crippen molar-refractivity contribution >= 4 is 15.8 Å². The minimum absolute atomic E-state index is 0.0357. The van der Waals surface area contributed by atoms with Gasteiger partial charge in [0.2, 0.25) is 10.0 Å². The molecule has 172 valence electrons. The molecule has 1 heterocycles. The summed E-state index contributed by atoms with van der Waals surface area (Å²) < 4.78 is 39.0. The predicted molar refractivity (Wildman–Crippen MR) is 119 cm³/mol. The summed E-state index contributed by atoms with van der Waals surface area (Å²) in [6.07, 6.45) is 2.21. The van der Waals surface area contributed by atoms with Crippen LogP contribution in [0.5, 0.6) is 11.5 Å². The minimum atomic E-state index is -3.49. The van der Waals surface area contributed by atoms with Gasteiger partial charge in [0.15, 0.2) is 0 Å². The van der Waals surface area contributed by atoms with Crippen LogP contribution in [-0.2, 0) is 21.4 Å². The highest BCUT2D eigenvalue weighted by atomic mass is 32.2. The molecule has 0 radical (unpaired) electrons. The van der Waals surface area contributed by atoms with Crippen molar-refractivity contribution in [1.82, 2.24) is 9.21 Å². The van der Waals surface area contributed by atoms with E-state index < -0.39 is 15.4 Å². The minimum Gasteiger partial charge on any atom is -0.497 e. The van der Waals surface area contributed by atoms with Gasteiger partial charge in [0.05, 0.1) is 20.0 Å². The Morgan fingerprint density at radius 2 is 1.81 bits per heavy atom. The third-order valence-electron chi connectivity index (χ3n) is 8.17. The van der Waals surface area contributed by atoms with Gasteiger partial charge >= 0.3 is 0 Å². The van der Waals surface area contributed by atoms with Crippen LogP contribution < -0.4 is 9.47 Å². The molecule has 0 spiro atoms. The number of hydrogen-bond acceptors (Lipinski definition) is 6. The maximum atomic E-state index is 13.3. The summed E-state index contributed by atoms with van der Waals surface area (Å²) in [6.45, 7) is 7.03. The monoisotopic (exact) mass is 450 g/mol. The summed E-state index contributed by atoms with van der Waals surface area (Å²) in [5.74, 6) is 2.01. The van der Waals surface area contributed by atoms with Gasteiger partial charge in [-0.25, -0.2) is 8.42 Å². The fourth-order valence-corrected chi connectivity index (χ4v) is 8.13. The van der Waals surface area contributed by atoms with Crippen LogP contribution in [0.1, 0.15) is 38.7 Å². The molecule has 0 amide bonds. The van der Waals surface area contributed by atoms with Crippen LogP contribution in [0.25, 0.3) is 0 Å². The number of rotatable bonds is 7. The number of carbonyl (C=O) groups excluding carboxylic acids is 1. The molecule has 8 heteroatoms. The van der Waals surface area contributed by atoms with Gasteiger partial charge in [-0.15, -0.1) is 0 Å². The lowest BCUT2D eigenvalue weighted by Gasteiger charge is -2.39. The fourth-order valence-electron chi connectivity index (χ4n) is 5.92. The van der Waals surface area contributed by atoms with E-state index in [4.69, 9.17) is 9.47 Å². The normalized spacial score (nSPS) is 28.8. The molecular weight excluding hydrogens is 416 g/mol. The first-order chi connectivity index (χ1) is 14.6. The molecule has 1 saturated heterocycles. The highest BCUT2D eigenvalue weighted by Crippen LogP contribution is 2.64. The number of methoxy groups -OCH3 is 2. The first-order valence-electron chi connectivity index (χ1n) is 11.1. The zero-order chi connectivity index (χ0) is 22.4. The Bertz CT molecular complexity index is 953. The summed E-state index contributed by atoms with van der Waals surface area (Å²) >= 11 is 0. The molecule has 2 atom stereocenters. The van der Waals surface area contributed by atoms with Crippen LogP contribution in [0.4, 0.5) is 0 Å². The van der Waals surface area contributed by atoms with E-state index in [1.807, 2.05) is 18.2 Å². The second kappa shape index (κ2) is 8.05. The van der Waals surface area contributed by atoms with Gasteiger partial charge in [-0.1, -0.05) is 13.8 Å². The molecule has 1 aliphatic heterocycles. The van der Waals surface area contributed by atoms with Crippen molar-refractivity contribution in [2.75, 3.05) is 46.2 Å². The van der Waals surface area contributed by atoms with Gasteiger partial charge < -0.3 is 9.47 Å². The Balaban J connectivity index is 1.41. The first-order valence-corrected chi connectivity index (χ1v) is 12.7. The van der Waals surface area contributed by atoms with Crippen LogP contribution in [0, 0.1) is 16.7 Å². The second-order valence-electron chi connectivity index (χ2n) is 9.78. The molecule has 3 fully saturated rings. The first kappa shape index (κ1) is 22.6. The number of hydrogen-bond donors (Lipinski definition) is 0. The number of ether oxygens (including phenoxy) is 2. The van der Waals surface area contributed by atoms with Gasteiger partial charge in [0, 0.05) is 50.1 Å². The Hall–Kier alpha value is -1.64. The van der Waals surface area contributed by atoms with Gasteiger partial charge in [0.1, 0.15) is 17.3 Å². The zero-order valence-corrected chi connectivity index (χ0v) is 19.8. The third kappa shape index (κ3) is 3.76. The van der Waals surface area contributed by atoms with E-state index in [-0.39, 0.29) is 17.0 Å². The van der Waals surface area contributed by atoms with Crippen LogP contribution in [0.2, 0.25) is 0 Å². The standard InChI is InChI=1S/C23H34N2O5S/c1-22(2)18-7-8-23(22,21(26)14-18)16-31(27,28)25-11-9-24(10-12-25)15-17-13-19(29-3)5-6-20(17)30-4/h5-6,13,18H,7-12,14-16H2,1-4H3. The predicted octanol–water partition coefficient (Wildman–Crippen LogP) is 2.55. The maximum Gasteiger partial charge on any atom is 0.215 e. The second-order valence-corrected chi connectivity index (χ2v) is 11.7. The Morgan fingerprint density at radius 3 is 2.35 bits per heavy atom. The Morgan fingerprint density at radius 1 is 1.10 bits per heavy atom.